The molecule has 2 N–H and O–H groups in total. The minimum absolute atomic E-state index is 0.203. The van der Waals surface area contributed by atoms with Gasteiger partial charge in [0, 0.05) is 13.7 Å². The van der Waals surface area contributed by atoms with Gasteiger partial charge in [-0.25, -0.2) is 4.68 Å². The third-order valence-corrected chi connectivity index (χ3v) is 4.17. The molecular weight excluding hydrogens is 322 g/mol. The van der Waals surface area contributed by atoms with Gasteiger partial charge in [0.25, 0.3) is 0 Å². The van der Waals surface area contributed by atoms with Crippen LogP contribution in [0.1, 0.15) is 16.8 Å². The van der Waals surface area contributed by atoms with Crippen molar-refractivity contribution in [2.75, 3.05) is 13.7 Å². The third kappa shape index (κ3) is 4.41. The van der Waals surface area contributed by atoms with Gasteiger partial charge in [-0.2, -0.15) is 5.26 Å². The van der Waals surface area contributed by atoms with Crippen LogP contribution in [-0.2, 0) is 29.2 Å². The van der Waals surface area contributed by atoms with Gasteiger partial charge in [0.2, 0.25) is 0 Å². The first-order valence-electron chi connectivity index (χ1n) is 8.09. The molecule has 0 bridgehead atoms. The molecule has 0 radical (unpaired) electrons. The standard InChI is InChI=1S/C17H21N5O3/c1-24-10-14-8-22(21-20-14)9-16-17(15(23)11-25-16)19-7-13-4-2-12(6-18)3-5-13/h2-5,8,15-17,19,23H,7,9-11H2,1H3/t15-,16+,17+/m0/s1. The quantitative estimate of drug-likeness (QED) is 0.740. The molecule has 0 aliphatic carbocycles. The Balaban J connectivity index is 1.58. The van der Waals surface area contributed by atoms with E-state index in [2.05, 4.69) is 21.7 Å². The lowest BCUT2D eigenvalue weighted by Crippen LogP contribution is -2.45. The lowest BCUT2D eigenvalue weighted by molar-refractivity contribution is 0.0741. The van der Waals surface area contributed by atoms with Crippen LogP contribution in [0.5, 0.6) is 0 Å². The number of aliphatic hydroxyl groups is 1. The molecule has 3 atom stereocenters. The van der Waals surface area contributed by atoms with Gasteiger partial charge in [0.1, 0.15) is 5.69 Å². The molecule has 1 aromatic heterocycles. The van der Waals surface area contributed by atoms with Crippen molar-refractivity contribution in [1.29, 1.82) is 5.26 Å². The summed E-state index contributed by atoms with van der Waals surface area (Å²) in [4.78, 5) is 0. The van der Waals surface area contributed by atoms with Crippen LogP contribution >= 0.6 is 0 Å². The van der Waals surface area contributed by atoms with E-state index in [0.717, 1.165) is 11.3 Å². The molecule has 0 saturated carbocycles. The van der Waals surface area contributed by atoms with Gasteiger partial charge in [-0.3, -0.25) is 0 Å². The van der Waals surface area contributed by atoms with Crippen LogP contribution in [0.2, 0.25) is 0 Å². The van der Waals surface area contributed by atoms with Crippen LogP contribution in [0.3, 0.4) is 0 Å². The van der Waals surface area contributed by atoms with Crippen molar-refractivity contribution in [1.82, 2.24) is 20.3 Å². The highest BCUT2D eigenvalue weighted by Gasteiger charge is 2.36. The number of benzene rings is 1. The molecular formula is C17H21N5O3. The lowest BCUT2D eigenvalue weighted by Gasteiger charge is -2.21. The number of rotatable bonds is 7. The number of hydrogen-bond acceptors (Lipinski definition) is 7. The van der Waals surface area contributed by atoms with Gasteiger partial charge in [-0.05, 0) is 17.7 Å². The summed E-state index contributed by atoms with van der Waals surface area (Å²) in [7, 11) is 1.61. The topological polar surface area (TPSA) is 105 Å². The van der Waals surface area contributed by atoms with Crippen molar-refractivity contribution in [2.45, 2.75) is 37.9 Å². The molecule has 25 heavy (non-hydrogen) atoms. The predicted octanol–water partition coefficient (Wildman–Crippen LogP) is 0.214. The maximum Gasteiger partial charge on any atom is 0.108 e. The fraction of sp³-hybridized carbons (Fsp3) is 0.471. The highest BCUT2D eigenvalue weighted by molar-refractivity contribution is 5.31. The molecule has 1 aromatic carbocycles. The summed E-state index contributed by atoms with van der Waals surface area (Å²) in [5.41, 5.74) is 2.42. The molecule has 1 aliphatic rings. The fourth-order valence-electron chi connectivity index (χ4n) is 2.87. The van der Waals surface area contributed by atoms with E-state index in [1.165, 1.54) is 0 Å². The molecule has 1 saturated heterocycles. The summed E-state index contributed by atoms with van der Waals surface area (Å²) in [6.45, 7) is 1.78. The zero-order chi connectivity index (χ0) is 17.6. The van der Waals surface area contributed by atoms with E-state index in [1.807, 2.05) is 18.3 Å². The van der Waals surface area contributed by atoms with Crippen molar-refractivity contribution in [3.63, 3.8) is 0 Å². The Morgan fingerprint density at radius 2 is 2.24 bits per heavy atom. The van der Waals surface area contributed by atoms with Crippen LogP contribution < -0.4 is 5.32 Å². The van der Waals surface area contributed by atoms with Crippen LogP contribution in [-0.4, -0.2) is 52.1 Å². The van der Waals surface area contributed by atoms with Gasteiger partial charge >= 0.3 is 0 Å². The summed E-state index contributed by atoms with van der Waals surface area (Å²) in [6, 6.07) is 9.26. The second kappa shape index (κ2) is 8.18. The zero-order valence-corrected chi connectivity index (χ0v) is 14.0. The van der Waals surface area contributed by atoms with Crippen LogP contribution in [0.25, 0.3) is 0 Å². The number of nitrogens with zero attached hydrogens (tertiary/aromatic N) is 4. The van der Waals surface area contributed by atoms with Gasteiger partial charge in [-0.15, -0.1) is 5.10 Å². The van der Waals surface area contributed by atoms with E-state index in [-0.39, 0.29) is 18.8 Å². The molecule has 132 valence electrons. The summed E-state index contributed by atoms with van der Waals surface area (Å²) < 4.78 is 12.4. The minimum Gasteiger partial charge on any atom is -0.389 e. The van der Waals surface area contributed by atoms with E-state index >= 15 is 0 Å². The Hall–Kier alpha value is -2.31. The molecule has 8 nitrogen and oxygen atoms in total. The Morgan fingerprint density at radius 1 is 1.44 bits per heavy atom. The molecule has 2 heterocycles. The molecule has 0 unspecified atom stereocenters. The van der Waals surface area contributed by atoms with Gasteiger partial charge in [-0.1, -0.05) is 17.3 Å². The highest BCUT2D eigenvalue weighted by Crippen LogP contribution is 2.17. The highest BCUT2D eigenvalue weighted by atomic mass is 16.5. The molecule has 8 heteroatoms. The molecule has 0 amide bonds. The molecule has 0 spiro atoms. The monoisotopic (exact) mass is 343 g/mol. The van der Waals surface area contributed by atoms with E-state index in [1.54, 1.807) is 23.9 Å². The maximum atomic E-state index is 10.2. The smallest absolute Gasteiger partial charge is 0.108 e. The Bertz CT molecular complexity index is 725. The van der Waals surface area contributed by atoms with Crippen molar-refractivity contribution in [3.05, 3.63) is 47.3 Å². The number of hydrogen-bond donors (Lipinski definition) is 2. The first-order chi connectivity index (χ1) is 12.2. The Morgan fingerprint density at radius 3 is 2.96 bits per heavy atom. The number of aromatic nitrogens is 3. The normalized spacial score (nSPS) is 22.8. The van der Waals surface area contributed by atoms with Crippen LogP contribution in [0, 0.1) is 11.3 Å². The number of nitriles is 1. The van der Waals surface area contributed by atoms with Gasteiger partial charge < -0.3 is 19.9 Å². The van der Waals surface area contributed by atoms with E-state index in [4.69, 9.17) is 14.7 Å². The minimum atomic E-state index is -0.578. The molecule has 2 aromatic rings. The van der Waals surface area contributed by atoms with Gasteiger partial charge in [0.15, 0.2) is 0 Å². The van der Waals surface area contributed by atoms with Crippen molar-refractivity contribution in [3.8, 4) is 6.07 Å². The van der Waals surface area contributed by atoms with Crippen LogP contribution in [0.4, 0.5) is 0 Å². The first-order valence-corrected chi connectivity index (χ1v) is 8.09. The lowest BCUT2D eigenvalue weighted by atomic mass is 10.1. The Kier molecular flexibility index (Phi) is 5.73. The van der Waals surface area contributed by atoms with E-state index in [0.29, 0.717) is 25.3 Å². The maximum absolute atomic E-state index is 10.2. The largest absolute Gasteiger partial charge is 0.389 e. The van der Waals surface area contributed by atoms with Crippen LogP contribution in [0.15, 0.2) is 30.5 Å². The summed E-state index contributed by atoms with van der Waals surface area (Å²) in [6.07, 6.45) is 1.03. The number of methoxy groups -OCH3 is 1. The Labute approximate surface area is 146 Å². The summed E-state index contributed by atoms with van der Waals surface area (Å²) in [5, 5.41) is 30.5. The SMILES string of the molecule is COCc1cn(C[C@H]2OC[C@H](O)[C@H]2NCc2ccc(C#N)cc2)nn1. The summed E-state index contributed by atoms with van der Waals surface area (Å²) >= 11 is 0. The molecule has 1 fully saturated rings. The number of ether oxygens (including phenoxy) is 2. The van der Waals surface area contributed by atoms with E-state index in [9.17, 15) is 5.11 Å². The fourth-order valence-corrected chi connectivity index (χ4v) is 2.87. The van der Waals surface area contributed by atoms with Crippen molar-refractivity contribution < 1.29 is 14.6 Å². The third-order valence-electron chi connectivity index (χ3n) is 4.17. The van der Waals surface area contributed by atoms with Crippen molar-refractivity contribution >= 4 is 0 Å². The molecule has 3 rings (SSSR count). The summed E-state index contributed by atoms with van der Waals surface area (Å²) in [5.74, 6) is 0. The number of aliphatic hydroxyl groups excluding tert-OH is 1. The predicted molar refractivity (Wildman–Crippen MR) is 88.3 cm³/mol. The first kappa shape index (κ1) is 17.5. The van der Waals surface area contributed by atoms with Gasteiger partial charge in [0.05, 0.1) is 55.8 Å². The average molecular weight is 343 g/mol. The average Bonchev–Trinajstić information content (AvgIpc) is 3.21. The second-order valence-electron chi connectivity index (χ2n) is 6.02. The number of nitrogens with one attached hydrogen (secondary N) is 1. The van der Waals surface area contributed by atoms with E-state index < -0.39 is 6.10 Å². The molecule has 1 aliphatic heterocycles. The van der Waals surface area contributed by atoms with Crippen molar-refractivity contribution in [2.24, 2.45) is 0 Å². The second-order valence-corrected chi connectivity index (χ2v) is 6.02. The zero-order valence-electron chi connectivity index (χ0n) is 14.0.